The number of rotatable bonds is 3. The lowest BCUT2D eigenvalue weighted by atomic mass is 9.89. The van der Waals surface area contributed by atoms with Gasteiger partial charge in [-0.1, -0.05) is 25.9 Å². The van der Waals surface area contributed by atoms with Crippen molar-refractivity contribution < 1.29 is 18.1 Å². The number of likely N-dealkylation sites (tertiary alicyclic amines) is 1. The van der Waals surface area contributed by atoms with E-state index < -0.39 is 17.5 Å². The van der Waals surface area contributed by atoms with Crippen LogP contribution in [0.3, 0.4) is 0 Å². The van der Waals surface area contributed by atoms with Crippen molar-refractivity contribution in [3.05, 3.63) is 64.9 Å². The van der Waals surface area contributed by atoms with E-state index >= 15 is 0 Å². The van der Waals surface area contributed by atoms with E-state index in [-0.39, 0.29) is 16.9 Å². The Balaban J connectivity index is 1.69. The van der Waals surface area contributed by atoms with E-state index in [0.717, 1.165) is 41.9 Å². The smallest absolute Gasteiger partial charge is 0.256 e. The number of aryl methyl sites for hydroxylation is 1. The number of halogens is 2. The number of aromatic nitrogens is 3. The minimum Gasteiger partial charge on any atom is -0.356 e. The first-order valence-electron chi connectivity index (χ1n) is 10.7. The first kappa shape index (κ1) is 22.0. The zero-order valence-corrected chi connectivity index (χ0v) is 18.7. The van der Waals surface area contributed by atoms with E-state index in [4.69, 9.17) is 9.51 Å². The van der Waals surface area contributed by atoms with Crippen LogP contribution in [0.5, 0.6) is 0 Å². The Bertz CT molecular complexity index is 1150. The van der Waals surface area contributed by atoms with Gasteiger partial charge in [-0.25, -0.2) is 18.7 Å². The molecule has 1 saturated heterocycles. The van der Waals surface area contributed by atoms with Crippen LogP contribution in [-0.2, 0) is 5.41 Å². The van der Waals surface area contributed by atoms with Crippen molar-refractivity contribution in [2.75, 3.05) is 13.1 Å². The van der Waals surface area contributed by atoms with Gasteiger partial charge in [-0.05, 0) is 31.9 Å². The standard InChI is InChI=1S/C24H26F2N4O2/c1-14-10-20(32-29-14)18-12-27-23(24(2,3)4)28-21(18)15-6-5-9-30(13-15)22(31)17-8-7-16(25)11-19(17)26/h7-8,10-12,15H,5-6,9,13H2,1-4H3. The largest absolute Gasteiger partial charge is 0.356 e. The van der Waals surface area contributed by atoms with E-state index in [1.165, 1.54) is 6.07 Å². The molecule has 1 aromatic carbocycles. The van der Waals surface area contributed by atoms with Crippen molar-refractivity contribution in [1.29, 1.82) is 0 Å². The molecule has 0 spiro atoms. The van der Waals surface area contributed by atoms with Crippen molar-refractivity contribution in [2.45, 2.75) is 51.9 Å². The minimum absolute atomic E-state index is 0.0827. The molecule has 1 amide bonds. The number of carbonyl (C=O) groups excluding carboxylic acids is 1. The summed E-state index contributed by atoms with van der Waals surface area (Å²) < 4.78 is 33.0. The zero-order valence-electron chi connectivity index (χ0n) is 18.7. The molecule has 4 rings (SSSR count). The Morgan fingerprint density at radius 1 is 1.22 bits per heavy atom. The Labute approximate surface area is 185 Å². The first-order chi connectivity index (χ1) is 15.1. The fourth-order valence-electron chi connectivity index (χ4n) is 3.97. The highest BCUT2D eigenvalue weighted by atomic mass is 19.1. The fraction of sp³-hybridized carbons (Fsp3) is 0.417. The number of hydrogen-bond donors (Lipinski definition) is 0. The number of nitrogens with zero attached hydrogens (tertiary/aromatic N) is 4. The molecule has 32 heavy (non-hydrogen) atoms. The molecule has 3 heterocycles. The summed E-state index contributed by atoms with van der Waals surface area (Å²) in [6, 6.07) is 4.86. The lowest BCUT2D eigenvalue weighted by molar-refractivity contribution is 0.0701. The van der Waals surface area contributed by atoms with Crippen LogP contribution in [-0.4, -0.2) is 39.0 Å². The summed E-state index contributed by atoms with van der Waals surface area (Å²) in [5.74, 6) is -0.827. The molecule has 2 aromatic heterocycles. The molecule has 0 radical (unpaired) electrons. The molecule has 0 saturated carbocycles. The third-order valence-electron chi connectivity index (χ3n) is 5.64. The lowest BCUT2D eigenvalue weighted by Crippen LogP contribution is -2.40. The Hall–Kier alpha value is -3.16. The van der Waals surface area contributed by atoms with Gasteiger partial charge in [-0.3, -0.25) is 4.79 Å². The molecular weight excluding hydrogens is 414 g/mol. The molecule has 1 fully saturated rings. The predicted octanol–water partition coefficient (Wildman–Crippen LogP) is 5.04. The third kappa shape index (κ3) is 4.40. The van der Waals surface area contributed by atoms with Crippen molar-refractivity contribution in [3.63, 3.8) is 0 Å². The number of carbonyl (C=O) groups is 1. The lowest BCUT2D eigenvalue weighted by Gasteiger charge is -2.33. The minimum atomic E-state index is -0.855. The van der Waals surface area contributed by atoms with Crippen LogP contribution >= 0.6 is 0 Å². The van der Waals surface area contributed by atoms with Gasteiger partial charge in [0.15, 0.2) is 5.76 Å². The molecule has 1 aliphatic rings. The molecule has 0 aliphatic carbocycles. The number of piperidine rings is 1. The maximum atomic E-state index is 14.2. The van der Waals surface area contributed by atoms with Gasteiger partial charge in [0, 0.05) is 42.8 Å². The normalized spacial score (nSPS) is 16.9. The van der Waals surface area contributed by atoms with Crippen LogP contribution in [0, 0.1) is 18.6 Å². The molecule has 3 aromatic rings. The predicted molar refractivity (Wildman–Crippen MR) is 115 cm³/mol. The molecule has 1 aliphatic heterocycles. The number of benzene rings is 1. The van der Waals surface area contributed by atoms with Gasteiger partial charge in [-0.15, -0.1) is 0 Å². The number of hydrogen-bond acceptors (Lipinski definition) is 5. The Kier molecular flexibility index (Phi) is 5.79. The summed E-state index contributed by atoms with van der Waals surface area (Å²) in [5, 5.41) is 3.98. The molecule has 168 valence electrons. The molecule has 1 unspecified atom stereocenters. The van der Waals surface area contributed by atoms with E-state index in [1.54, 1.807) is 11.1 Å². The van der Waals surface area contributed by atoms with E-state index in [2.05, 4.69) is 10.1 Å². The highest BCUT2D eigenvalue weighted by Gasteiger charge is 2.31. The summed E-state index contributed by atoms with van der Waals surface area (Å²) >= 11 is 0. The average molecular weight is 440 g/mol. The van der Waals surface area contributed by atoms with Crippen LogP contribution in [0.4, 0.5) is 8.78 Å². The average Bonchev–Trinajstić information content (AvgIpc) is 3.18. The van der Waals surface area contributed by atoms with Gasteiger partial charge < -0.3 is 9.42 Å². The summed E-state index contributed by atoms with van der Waals surface area (Å²) in [6.45, 7) is 8.83. The zero-order chi connectivity index (χ0) is 23.0. The van der Waals surface area contributed by atoms with Crippen LogP contribution in [0.25, 0.3) is 11.3 Å². The maximum absolute atomic E-state index is 14.2. The van der Waals surface area contributed by atoms with Crippen LogP contribution < -0.4 is 0 Å². The highest BCUT2D eigenvalue weighted by Crippen LogP contribution is 2.35. The van der Waals surface area contributed by atoms with Crippen LogP contribution in [0.2, 0.25) is 0 Å². The quantitative estimate of drug-likeness (QED) is 0.571. The third-order valence-corrected chi connectivity index (χ3v) is 5.64. The monoisotopic (exact) mass is 440 g/mol. The van der Waals surface area contributed by atoms with Gasteiger partial charge in [0.1, 0.15) is 17.5 Å². The summed E-state index contributed by atoms with van der Waals surface area (Å²) in [6.07, 6.45) is 3.31. The van der Waals surface area contributed by atoms with Gasteiger partial charge in [0.2, 0.25) is 0 Å². The second kappa shape index (κ2) is 8.41. The highest BCUT2D eigenvalue weighted by molar-refractivity contribution is 5.94. The number of amides is 1. The van der Waals surface area contributed by atoms with Crippen LogP contribution in [0.15, 0.2) is 35.0 Å². The van der Waals surface area contributed by atoms with Gasteiger partial charge in [0.25, 0.3) is 5.91 Å². The van der Waals surface area contributed by atoms with Crippen molar-refractivity contribution in [1.82, 2.24) is 20.0 Å². The van der Waals surface area contributed by atoms with Crippen molar-refractivity contribution in [2.24, 2.45) is 0 Å². The van der Waals surface area contributed by atoms with E-state index in [0.29, 0.717) is 24.7 Å². The second-order valence-corrected chi connectivity index (χ2v) is 9.29. The molecule has 6 nitrogen and oxygen atoms in total. The Morgan fingerprint density at radius 3 is 2.66 bits per heavy atom. The molecular formula is C24H26F2N4O2. The fourth-order valence-corrected chi connectivity index (χ4v) is 3.97. The summed E-state index contributed by atoms with van der Waals surface area (Å²) in [7, 11) is 0. The molecule has 1 atom stereocenters. The van der Waals surface area contributed by atoms with Gasteiger partial charge >= 0.3 is 0 Å². The molecule has 0 bridgehead atoms. The van der Waals surface area contributed by atoms with Gasteiger partial charge in [-0.2, -0.15) is 0 Å². The first-order valence-corrected chi connectivity index (χ1v) is 10.7. The molecule has 0 N–H and O–H groups in total. The summed E-state index contributed by atoms with van der Waals surface area (Å²) in [4.78, 5) is 24.0. The second-order valence-electron chi connectivity index (χ2n) is 9.29. The topological polar surface area (TPSA) is 72.1 Å². The van der Waals surface area contributed by atoms with E-state index in [1.807, 2.05) is 33.8 Å². The molecule has 8 heteroatoms. The Morgan fingerprint density at radius 2 is 2.00 bits per heavy atom. The maximum Gasteiger partial charge on any atom is 0.256 e. The van der Waals surface area contributed by atoms with Crippen LogP contribution in [0.1, 0.15) is 67.1 Å². The van der Waals surface area contributed by atoms with E-state index in [9.17, 15) is 13.6 Å². The SMILES string of the molecule is Cc1cc(-c2cnc(C(C)(C)C)nc2C2CCCN(C(=O)c3ccc(F)cc3F)C2)on1. The summed E-state index contributed by atoms with van der Waals surface area (Å²) in [5.41, 5.74) is 1.89. The van der Waals surface area contributed by atoms with Crippen molar-refractivity contribution >= 4 is 5.91 Å². The van der Waals surface area contributed by atoms with Crippen molar-refractivity contribution in [3.8, 4) is 11.3 Å². The van der Waals surface area contributed by atoms with Gasteiger partial charge in [0.05, 0.1) is 22.5 Å².